The summed E-state index contributed by atoms with van der Waals surface area (Å²) in [5, 5.41) is 0. The van der Waals surface area contributed by atoms with Crippen LogP contribution in [0.1, 0.15) is 0 Å². The number of thioether (sulfide) groups is 1. The fraction of sp³-hybridized carbons (Fsp3) is 0.100. The Hall–Kier alpha value is -1.22. The molecule has 0 bridgehead atoms. The maximum absolute atomic E-state index is 4.03. The van der Waals surface area contributed by atoms with Crippen molar-refractivity contribution in [2.45, 2.75) is 4.90 Å². The number of imidazole rings is 1. The Labute approximate surface area is 81.6 Å². The van der Waals surface area contributed by atoms with Crippen LogP contribution in [0.3, 0.4) is 0 Å². The normalized spacial score (nSPS) is 10.2. The summed E-state index contributed by atoms with van der Waals surface area (Å²) in [6.45, 7) is 0. The number of benzene rings is 1. The van der Waals surface area contributed by atoms with Gasteiger partial charge in [-0.25, -0.2) is 4.98 Å². The van der Waals surface area contributed by atoms with Crippen molar-refractivity contribution >= 4 is 11.8 Å². The zero-order valence-electron chi connectivity index (χ0n) is 7.34. The molecule has 1 aromatic carbocycles. The minimum Gasteiger partial charge on any atom is -0.305 e. The van der Waals surface area contributed by atoms with E-state index in [1.54, 1.807) is 18.0 Å². The molecule has 0 saturated heterocycles. The quantitative estimate of drug-likeness (QED) is 0.677. The standard InChI is InChI=1S/C10H10N2S/c1-13-10-5-3-2-4-9(10)12-7-6-11-8-12/h2-8H,1H3. The van der Waals surface area contributed by atoms with Crippen LogP contribution in [0.25, 0.3) is 5.69 Å². The average molecular weight is 190 g/mol. The third kappa shape index (κ3) is 1.60. The van der Waals surface area contributed by atoms with Crippen LogP contribution < -0.4 is 0 Å². The molecule has 0 N–H and O–H groups in total. The van der Waals surface area contributed by atoms with E-state index < -0.39 is 0 Å². The average Bonchev–Trinajstić information content (AvgIpc) is 2.70. The molecular formula is C10H10N2S. The minimum atomic E-state index is 1.19. The number of rotatable bonds is 2. The zero-order chi connectivity index (χ0) is 9.10. The highest BCUT2D eigenvalue weighted by Gasteiger charge is 2.00. The van der Waals surface area contributed by atoms with Gasteiger partial charge in [-0.15, -0.1) is 11.8 Å². The Balaban J connectivity index is 2.51. The Morgan fingerprint density at radius 2 is 2.15 bits per heavy atom. The van der Waals surface area contributed by atoms with Gasteiger partial charge in [0.05, 0.1) is 12.0 Å². The molecular weight excluding hydrogens is 180 g/mol. The van der Waals surface area contributed by atoms with Crippen molar-refractivity contribution in [2.75, 3.05) is 6.26 Å². The largest absolute Gasteiger partial charge is 0.305 e. The molecule has 0 radical (unpaired) electrons. The fourth-order valence-corrected chi connectivity index (χ4v) is 1.84. The predicted octanol–water partition coefficient (Wildman–Crippen LogP) is 2.59. The van der Waals surface area contributed by atoms with E-state index in [-0.39, 0.29) is 0 Å². The van der Waals surface area contributed by atoms with Gasteiger partial charge < -0.3 is 4.57 Å². The molecule has 0 saturated carbocycles. The topological polar surface area (TPSA) is 17.8 Å². The summed E-state index contributed by atoms with van der Waals surface area (Å²) in [7, 11) is 0. The maximum atomic E-state index is 4.03. The molecule has 0 amide bonds. The van der Waals surface area contributed by atoms with Crippen LogP contribution in [0, 0.1) is 0 Å². The van der Waals surface area contributed by atoms with Gasteiger partial charge in [0.2, 0.25) is 0 Å². The van der Waals surface area contributed by atoms with Gasteiger partial charge in [0.15, 0.2) is 0 Å². The first kappa shape index (κ1) is 8.38. The molecule has 3 heteroatoms. The molecule has 0 aliphatic carbocycles. The van der Waals surface area contributed by atoms with Gasteiger partial charge in [0.1, 0.15) is 0 Å². The van der Waals surface area contributed by atoms with Crippen LogP contribution in [0.4, 0.5) is 0 Å². The number of para-hydroxylation sites is 1. The van der Waals surface area contributed by atoms with E-state index in [4.69, 9.17) is 0 Å². The van der Waals surface area contributed by atoms with Crippen molar-refractivity contribution in [3.8, 4) is 5.69 Å². The summed E-state index contributed by atoms with van der Waals surface area (Å²) in [6.07, 6.45) is 7.64. The Bertz CT molecular complexity index is 382. The Morgan fingerprint density at radius 3 is 2.85 bits per heavy atom. The van der Waals surface area contributed by atoms with Crippen LogP contribution in [0.15, 0.2) is 47.9 Å². The predicted molar refractivity (Wildman–Crippen MR) is 55.3 cm³/mol. The van der Waals surface area contributed by atoms with E-state index in [1.807, 2.05) is 29.2 Å². The molecule has 0 aliphatic rings. The summed E-state index contributed by atoms with van der Waals surface area (Å²) in [6, 6.07) is 8.29. The summed E-state index contributed by atoms with van der Waals surface area (Å²) < 4.78 is 2.02. The molecule has 66 valence electrons. The van der Waals surface area contributed by atoms with Gasteiger partial charge in [0.25, 0.3) is 0 Å². The highest BCUT2D eigenvalue weighted by molar-refractivity contribution is 7.98. The number of aromatic nitrogens is 2. The van der Waals surface area contributed by atoms with E-state index in [2.05, 4.69) is 23.4 Å². The molecule has 2 rings (SSSR count). The third-order valence-electron chi connectivity index (χ3n) is 1.87. The van der Waals surface area contributed by atoms with Crippen LogP contribution in [0.5, 0.6) is 0 Å². The van der Waals surface area contributed by atoms with Gasteiger partial charge in [-0.3, -0.25) is 0 Å². The van der Waals surface area contributed by atoms with E-state index in [9.17, 15) is 0 Å². The molecule has 0 unspecified atom stereocenters. The van der Waals surface area contributed by atoms with Crippen molar-refractivity contribution < 1.29 is 0 Å². The second-order valence-electron chi connectivity index (χ2n) is 2.64. The molecule has 1 heterocycles. The molecule has 1 aromatic heterocycles. The lowest BCUT2D eigenvalue weighted by atomic mass is 10.3. The van der Waals surface area contributed by atoms with E-state index >= 15 is 0 Å². The Morgan fingerprint density at radius 1 is 1.31 bits per heavy atom. The van der Waals surface area contributed by atoms with Crippen molar-refractivity contribution in [3.63, 3.8) is 0 Å². The summed E-state index contributed by atoms with van der Waals surface area (Å²) >= 11 is 1.75. The van der Waals surface area contributed by atoms with Crippen molar-refractivity contribution in [3.05, 3.63) is 43.0 Å². The summed E-state index contributed by atoms with van der Waals surface area (Å²) in [4.78, 5) is 5.29. The summed E-state index contributed by atoms with van der Waals surface area (Å²) in [5.41, 5.74) is 1.19. The van der Waals surface area contributed by atoms with Gasteiger partial charge >= 0.3 is 0 Å². The highest BCUT2D eigenvalue weighted by atomic mass is 32.2. The molecule has 13 heavy (non-hydrogen) atoms. The van der Waals surface area contributed by atoms with Crippen molar-refractivity contribution in [1.29, 1.82) is 0 Å². The van der Waals surface area contributed by atoms with Crippen molar-refractivity contribution in [1.82, 2.24) is 9.55 Å². The van der Waals surface area contributed by atoms with Crippen molar-refractivity contribution in [2.24, 2.45) is 0 Å². The lowest BCUT2D eigenvalue weighted by Crippen LogP contribution is -1.91. The van der Waals surface area contributed by atoms with Gasteiger partial charge in [-0.05, 0) is 18.4 Å². The highest BCUT2D eigenvalue weighted by Crippen LogP contribution is 2.22. The summed E-state index contributed by atoms with van der Waals surface area (Å²) in [5.74, 6) is 0. The van der Waals surface area contributed by atoms with Crippen LogP contribution >= 0.6 is 11.8 Å². The third-order valence-corrected chi connectivity index (χ3v) is 2.65. The van der Waals surface area contributed by atoms with Crippen LogP contribution in [-0.4, -0.2) is 15.8 Å². The first-order chi connectivity index (χ1) is 6.42. The SMILES string of the molecule is CSc1ccccc1-n1ccnc1. The molecule has 2 nitrogen and oxygen atoms in total. The lowest BCUT2D eigenvalue weighted by Gasteiger charge is -2.06. The Kier molecular flexibility index (Phi) is 2.36. The van der Waals surface area contributed by atoms with Gasteiger partial charge in [-0.1, -0.05) is 12.1 Å². The molecule has 0 spiro atoms. The monoisotopic (exact) mass is 190 g/mol. The first-order valence-electron chi connectivity index (χ1n) is 4.03. The second-order valence-corrected chi connectivity index (χ2v) is 3.49. The van der Waals surface area contributed by atoms with Gasteiger partial charge in [0, 0.05) is 17.3 Å². The second kappa shape index (κ2) is 3.66. The zero-order valence-corrected chi connectivity index (χ0v) is 8.16. The lowest BCUT2D eigenvalue weighted by molar-refractivity contribution is 1.02. The van der Waals surface area contributed by atoms with Crippen LogP contribution in [-0.2, 0) is 0 Å². The number of hydrogen-bond donors (Lipinski definition) is 0. The van der Waals surface area contributed by atoms with E-state index in [1.165, 1.54) is 10.6 Å². The smallest absolute Gasteiger partial charge is 0.0992 e. The minimum absolute atomic E-state index is 1.19. The van der Waals surface area contributed by atoms with Crippen LogP contribution in [0.2, 0.25) is 0 Å². The van der Waals surface area contributed by atoms with E-state index in [0.717, 1.165) is 0 Å². The van der Waals surface area contributed by atoms with E-state index in [0.29, 0.717) is 0 Å². The number of nitrogens with zero attached hydrogens (tertiary/aromatic N) is 2. The number of hydrogen-bond acceptors (Lipinski definition) is 2. The first-order valence-corrected chi connectivity index (χ1v) is 5.25. The molecule has 2 aromatic rings. The molecule has 0 aliphatic heterocycles. The molecule has 0 atom stereocenters. The fourth-order valence-electron chi connectivity index (χ4n) is 1.24. The maximum Gasteiger partial charge on any atom is 0.0992 e. The van der Waals surface area contributed by atoms with Gasteiger partial charge in [-0.2, -0.15) is 0 Å². The molecule has 0 fully saturated rings.